The Kier molecular flexibility index (Phi) is 4.35. The molecule has 0 spiro atoms. The molecular formula is C12H22N2O2. The van der Waals surface area contributed by atoms with Crippen LogP contribution in [-0.2, 0) is 0 Å². The van der Waals surface area contributed by atoms with Crippen LogP contribution in [0.15, 0.2) is 12.2 Å². The Balaban J connectivity index is 1.72. The van der Waals surface area contributed by atoms with Crippen LogP contribution in [0.5, 0.6) is 0 Å². The molecule has 4 heteroatoms. The van der Waals surface area contributed by atoms with Crippen LogP contribution in [0.4, 0.5) is 0 Å². The first kappa shape index (κ1) is 12.0. The number of hydrogen-bond donors (Lipinski definition) is 2. The van der Waals surface area contributed by atoms with Gasteiger partial charge in [0.1, 0.15) is 0 Å². The number of nitrogens with zero attached hydrogens (tertiary/aromatic N) is 2. The molecule has 0 saturated carbocycles. The maximum atomic E-state index is 9.25. The smallest absolute Gasteiger partial charge is 0.0243 e. The lowest BCUT2D eigenvalue weighted by Crippen LogP contribution is -2.31. The molecule has 2 aliphatic rings. The molecule has 0 aromatic heterocycles. The van der Waals surface area contributed by atoms with Gasteiger partial charge in [0, 0.05) is 26.2 Å². The van der Waals surface area contributed by atoms with E-state index in [2.05, 4.69) is 12.2 Å². The summed E-state index contributed by atoms with van der Waals surface area (Å²) in [7, 11) is 0. The van der Waals surface area contributed by atoms with Gasteiger partial charge in [-0.1, -0.05) is 12.2 Å². The molecule has 0 aromatic carbocycles. The first-order valence-electron chi connectivity index (χ1n) is 6.30. The van der Waals surface area contributed by atoms with Crippen LogP contribution in [0.25, 0.3) is 0 Å². The van der Waals surface area contributed by atoms with Gasteiger partial charge in [-0.25, -0.2) is 0 Å². The Morgan fingerprint density at radius 1 is 0.688 bits per heavy atom. The topological polar surface area (TPSA) is 46.9 Å². The number of allylic oxidation sites excluding steroid dienone is 2. The normalized spacial score (nSPS) is 27.9. The lowest BCUT2D eigenvalue weighted by atomic mass is 9.92. The van der Waals surface area contributed by atoms with E-state index >= 15 is 0 Å². The summed E-state index contributed by atoms with van der Waals surface area (Å²) >= 11 is 0. The fourth-order valence-corrected chi connectivity index (χ4v) is 2.47. The van der Waals surface area contributed by atoms with E-state index in [1.165, 1.54) is 10.1 Å². The molecule has 2 saturated heterocycles. The monoisotopic (exact) mass is 226 g/mol. The highest BCUT2D eigenvalue weighted by molar-refractivity contribution is 4.95. The van der Waals surface area contributed by atoms with Gasteiger partial charge in [-0.2, -0.15) is 10.1 Å². The quantitative estimate of drug-likeness (QED) is 0.704. The molecular weight excluding hydrogens is 204 g/mol. The molecule has 2 heterocycles. The summed E-state index contributed by atoms with van der Waals surface area (Å²) in [6.07, 6.45) is 8.89. The third kappa shape index (κ3) is 3.56. The van der Waals surface area contributed by atoms with Gasteiger partial charge >= 0.3 is 0 Å². The van der Waals surface area contributed by atoms with E-state index in [1.807, 2.05) is 0 Å². The van der Waals surface area contributed by atoms with Crippen LogP contribution < -0.4 is 0 Å². The van der Waals surface area contributed by atoms with Crippen molar-refractivity contribution < 1.29 is 10.4 Å². The molecule has 0 aliphatic carbocycles. The first-order valence-corrected chi connectivity index (χ1v) is 6.30. The van der Waals surface area contributed by atoms with Crippen molar-refractivity contribution in [2.75, 3.05) is 26.2 Å². The molecule has 2 aliphatic heterocycles. The highest BCUT2D eigenvalue weighted by atomic mass is 16.5. The van der Waals surface area contributed by atoms with Crippen LogP contribution in [0.3, 0.4) is 0 Å². The van der Waals surface area contributed by atoms with Crippen LogP contribution in [0.1, 0.15) is 25.7 Å². The van der Waals surface area contributed by atoms with Gasteiger partial charge in [0.05, 0.1) is 0 Å². The molecule has 0 aromatic rings. The molecule has 2 fully saturated rings. The summed E-state index contributed by atoms with van der Waals surface area (Å²) in [6, 6.07) is 0. The fraction of sp³-hybridized carbons (Fsp3) is 0.833. The largest absolute Gasteiger partial charge is 0.314 e. The van der Waals surface area contributed by atoms with E-state index < -0.39 is 0 Å². The van der Waals surface area contributed by atoms with Crippen molar-refractivity contribution in [3.8, 4) is 0 Å². The van der Waals surface area contributed by atoms with Crippen LogP contribution >= 0.6 is 0 Å². The Morgan fingerprint density at radius 3 is 1.31 bits per heavy atom. The highest BCUT2D eigenvalue weighted by Crippen LogP contribution is 2.21. The molecule has 0 atom stereocenters. The number of piperidine rings is 2. The molecule has 16 heavy (non-hydrogen) atoms. The maximum Gasteiger partial charge on any atom is 0.0243 e. The Morgan fingerprint density at radius 2 is 1.00 bits per heavy atom. The van der Waals surface area contributed by atoms with E-state index in [4.69, 9.17) is 0 Å². The van der Waals surface area contributed by atoms with Crippen LogP contribution in [-0.4, -0.2) is 46.7 Å². The summed E-state index contributed by atoms with van der Waals surface area (Å²) in [4.78, 5) is 0. The van der Waals surface area contributed by atoms with Crippen LogP contribution in [0.2, 0.25) is 0 Å². The lowest BCUT2D eigenvalue weighted by molar-refractivity contribution is -0.110. The van der Waals surface area contributed by atoms with Crippen molar-refractivity contribution in [1.82, 2.24) is 10.1 Å². The first-order chi connectivity index (χ1) is 7.74. The van der Waals surface area contributed by atoms with Crippen molar-refractivity contribution >= 4 is 0 Å². The minimum Gasteiger partial charge on any atom is -0.314 e. The molecule has 2 N–H and O–H groups in total. The number of rotatable bonds is 2. The average Bonchev–Trinajstić information content (AvgIpc) is 2.30. The van der Waals surface area contributed by atoms with E-state index in [-0.39, 0.29) is 0 Å². The third-order valence-electron chi connectivity index (χ3n) is 3.69. The van der Waals surface area contributed by atoms with E-state index in [1.54, 1.807) is 0 Å². The van der Waals surface area contributed by atoms with E-state index in [9.17, 15) is 10.4 Å². The van der Waals surface area contributed by atoms with Gasteiger partial charge in [-0.05, 0) is 37.5 Å². The van der Waals surface area contributed by atoms with E-state index in [0.717, 1.165) is 51.9 Å². The van der Waals surface area contributed by atoms with Crippen molar-refractivity contribution in [1.29, 1.82) is 0 Å². The zero-order valence-corrected chi connectivity index (χ0v) is 9.76. The van der Waals surface area contributed by atoms with Gasteiger partial charge < -0.3 is 10.4 Å². The van der Waals surface area contributed by atoms with Gasteiger partial charge in [0.25, 0.3) is 0 Å². The van der Waals surface area contributed by atoms with Gasteiger partial charge in [0.2, 0.25) is 0 Å². The minimum absolute atomic E-state index is 0.635. The third-order valence-corrected chi connectivity index (χ3v) is 3.69. The summed E-state index contributed by atoms with van der Waals surface area (Å²) in [5.74, 6) is 1.27. The van der Waals surface area contributed by atoms with Crippen molar-refractivity contribution in [2.45, 2.75) is 25.7 Å². The molecule has 2 rings (SSSR count). The maximum absolute atomic E-state index is 9.25. The summed E-state index contributed by atoms with van der Waals surface area (Å²) in [6.45, 7) is 3.18. The summed E-state index contributed by atoms with van der Waals surface area (Å²) < 4.78 is 0. The molecule has 0 amide bonds. The number of hydrogen-bond acceptors (Lipinski definition) is 4. The predicted octanol–water partition coefficient (Wildman–Crippen LogP) is 1.74. The second kappa shape index (κ2) is 5.77. The summed E-state index contributed by atoms with van der Waals surface area (Å²) in [5, 5.41) is 21.3. The van der Waals surface area contributed by atoms with Crippen LogP contribution in [0, 0.1) is 11.8 Å². The molecule has 0 unspecified atom stereocenters. The Hall–Kier alpha value is -0.420. The Bertz CT molecular complexity index is 205. The average molecular weight is 226 g/mol. The number of hydroxylamine groups is 4. The molecule has 0 bridgehead atoms. The Labute approximate surface area is 97.1 Å². The molecule has 4 nitrogen and oxygen atoms in total. The zero-order valence-electron chi connectivity index (χ0n) is 9.76. The van der Waals surface area contributed by atoms with Crippen molar-refractivity contribution in [3.63, 3.8) is 0 Å². The zero-order chi connectivity index (χ0) is 11.4. The fourth-order valence-electron chi connectivity index (χ4n) is 2.47. The standard InChI is InChI=1S/C12H22N2O2/c15-13-7-3-11(4-8-13)1-2-12-5-9-14(16)10-6-12/h1-2,11-12,15-16H,3-10H2. The second-order valence-corrected chi connectivity index (χ2v) is 4.97. The highest BCUT2D eigenvalue weighted by Gasteiger charge is 2.18. The van der Waals surface area contributed by atoms with Gasteiger partial charge in [-0.3, -0.25) is 0 Å². The molecule has 92 valence electrons. The van der Waals surface area contributed by atoms with Gasteiger partial charge in [0.15, 0.2) is 0 Å². The van der Waals surface area contributed by atoms with Crippen molar-refractivity contribution in [3.05, 3.63) is 12.2 Å². The summed E-state index contributed by atoms with van der Waals surface area (Å²) in [5.41, 5.74) is 0. The van der Waals surface area contributed by atoms with Gasteiger partial charge in [-0.15, -0.1) is 0 Å². The predicted molar refractivity (Wildman–Crippen MR) is 61.3 cm³/mol. The van der Waals surface area contributed by atoms with Crippen molar-refractivity contribution in [2.24, 2.45) is 11.8 Å². The van der Waals surface area contributed by atoms with E-state index in [0.29, 0.717) is 11.8 Å². The molecule has 0 radical (unpaired) electrons. The lowest BCUT2D eigenvalue weighted by Gasteiger charge is -2.27. The second-order valence-electron chi connectivity index (χ2n) is 4.97. The SMILES string of the molecule is ON1CCC(C=CC2CCN(O)CC2)CC1. The minimum atomic E-state index is 0.635.